The minimum atomic E-state index is 0.886. The molecule has 0 bridgehead atoms. The van der Waals surface area contributed by atoms with Crippen LogP contribution < -0.4 is 0 Å². The van der Waals surface area contributed by atoms with Crippen molar-refractivity contribution in [2.45, 2.75) is 39.8 Å². The highest BCUT2D eigenvalue weighted by Crippen LogP contribution is 2.29. The van der Waals surface area contributed by atoms with Crippen LogP contribution in [0.3, 0.4) is 0 Å². The number of benzene rings is 2. The van der Waals surface area contributed by atoms with E-state index >= 15 is 0 Å². The maximum absolute atomic E-state index is 4.98. The van der Waals surface area contributed by atoms with Gasteiger partial charge in [0.05, 0.1) is 5.69 Å². The van der Waals surface area contributed by atoms with Crippen molar-refractivity contribution in [3.05, 3.63) is 64.5 Å². The zero-order valence-electron chi connectivity index (χ0n) is 18.2. The second-order valence-corrected chi connectivity index (χ2v) is 8.67. The Kier molecular flexibility index (Phi) is 5.52. The summed E-state index contributed by atoms with van der Waals surface area (Å²) in [7, 11) is 6.38. The van der Waals surface area contributed by atoms with E-state index in [0.717, 1.165) is 55.4 Å². The second kappa shape index (κ2) is 8.09. The van der Waals surface area contributed by atoms with Gasteiger partial charge in [-0.25, -0.2) is 9.67 Å². The maximum atomic E-state index is 4.98. The Morgan fingerprint density at radius 3 is 2.41 bits per heavy atom. The number of rotatable bonds is 6. The Bertz CT molecular complexity index is 998. The molecular formula is C24H31N5. The lowest BCUT2D eigenvalue weighted by Gasteiger charge is -2.09. The summed E-state index contributed by atoms with van der Waals surface area (Å²) in [5.74, 6) is 1.85. The van der Waals surface area contributed by atoms with Gasteiger partial charge in [-0.2, -0.15) is 5.10 Å². The van der Waals surface area contributed by atoms with Crippen LogP contribution in [0.2, 0.25) is 0 Å². The molecule has 5 heteroatoms. The van der Waals surface area contributed by atoms with Gasteiger partial charge in [-0.05, 0) is 88.4 Å². The van der Waals surface area contributed by atoms with Crippen molar-refractivity contribution in [1.29, 1.82) is 0 Å². The van der Waals surface area contributed by atoms with Crippen LogP contribution in [0.15, 0.2) is 36.4 Å². The van der Waals surface area contributed by atoms with Gasteiger partial charge in [0.15, 0.2) is 11.6 Å². The zero-order valence-corrected chi connectivity index (χ0v) is 18.2. The summed E-state index contributed by atoms with van der Waals surface area (Å²) in [5.41, 5.74) is 7.53. The first-order chi connectivity index (χ1) is 13.9. The minimum Gasteiger partial charge on any atom is -0.309 e. The van der Waals surface area contributed by atoms with E-state index in [0.29, 0.717) is 0 Å². The predicted octanol–water partition coefficient (Wildman–Crippen LogP) is 3.99. The first-order valence-corrected chi connectivity index (χ1v) is 10.4. The van der Waals surface area contributed by atoms with E-state index in [1.54, 1.807) is 0 Å². The molecule has 0 unspecified atom stereocenters. The molecule has 3 aromatic rings. The van der Waals surface area contributed by atoms with E-state index in [-0.39, 0.29) is 0 Å². The molecule has 0 saturated carbocycles. The highest BCUT2D eigenvalue weighted by atomic mass is 15.4. The molecule has 1 aromatic heterocycles. The molecular weight excluding hydrogens is 358 g/mol. The zero-order chi connectivity index (χ0) is 20.5. The number of fused-ring (bicyclic) bond motifs is 1. The molecule has 0 atom stereocenters. The fraction of sp³-hybridized carbons (Fsp3) is 0.417. The molecule has 2 aromatic carbocycles. The fourth-order valence-electron chi connectivity index (χ4n) is 4.16. The van der Waals surface area contributed by atoms with Gasteiger partial charge in [0.1, 0.15) is 0 Å². The summed E-state index contributed by atoms with van der Waals surface area (Å²) in [4.78, 5) is 9.53. The lowest BCUT2D eigenvalue weighted by atomic mass is 10.1. The number of hydrogen-bond donors (Lipinski definition) is 0. The van der Waals surface area contributed by atoms with Crippen molar-refractivity contribution in [2.75, 3.05) is 27.7 Å². The van der Waals surface area contributed by atoms with Crippen LogP contribution in [0.5, 0.6) is 0 Å². The Hall–Kier alpha value is -2.50. The molecule has 0 N–H and O–H groups in total. The molecule has 5 nitrogen and oxygen atoms in total. The molecule has 0 amide bonds. The highest BCUT2D eigenvalue weighted by Gasteiger charge is 2.19. The molecule has 152 valence electrons. The third-order valence-electron chi connectivity index (χ3n) is 5.45. The van der Waals surface area contributed by atoms with Crippen molar-refractivity contribution in [1.82, 2.24) is 24.6 Å². The normalized spacial score (nSPS) is 14.0. The first-order valence-electron chi connectivity index (χ1n) is 10.4. The summed E-state index contributed by atoms with van der Waals surface area (Å²) < 4.78 is 2.03. The summed E-state index contributed by atoms with van der Waals surface area (Å²) in [6, 6.07) is 13.3. The monoisotopic (exact) mass is 389 g/mol. The highest BCUT2D eigenvalue weighted by molar-refractivity contribution is 5.61. The average Bonchev–Trinajstić information content (AvgIpc) is 3.22. The van der Waals surface area contributed by atoms with Crippen LogP contribution in [0.25, 0.3) is 17.1 Å². The standard InChI is InChI=1S/C24H31N5/c1-17-11-18(2)13-22(12-17)29-24(25-23(26-29)7-6-10-27(3)4)19-8-9-20-15-28(5)16-21(20)14-19/h8-9,11-14H,6-7,10,15-16H2,1-5H3. The number of hydrogen-bond acceptors (Lipinski definition) is 4. The molecule has 2 heterocycles. The lowest BCUT2D eigenvalue weighted by molar-refractivity contribution is 0.353. The summed E-state index contributed by atoms with van der Waals surface area (Å²) in [6.07, 6.45) is 1.94. The van der Waals surface area contributed by atoms with E-state index in [4.69, 9.17) is 10.1 Å². The van der Waals surface area contributed by atoms with Gasteiger partial charge < -0.3 is 4.90 Å². The van der Waals surface area contributed by atoms with Crippen molar-refractivity contribution in [3.63, 3.8) is 0 Å². The number of nitrogens with zero attached hydrogens (tertiary/aromatic N) is 5. The van der Waals surface area contributed by atoms with Crippen molar-refractivity contribution in [2.24, 2.45) is 0 Å². The topological polar surface area (TPSA) is 37.2 Å². The minimum absolute atomic E-state index is 0.886. The maximum Gasteiger partial charge on any atom is 0.163 e. The Morgan fingerprint density at radius 2 is 1.69 bits per heavy atom. The van der Waals surface area contributed by atoms with Crippen molar-refractivity contribution in [3.8, 4) is 17.1 Å². The predicted molar refractivity (Wildman–Crippen MR) is 118 cm³/mol. The Balaban J connectivity index is 1.75. The summed E-state index contributed by atoms with van der Waals surface area (Å²) >= 11 is 0. The summed E-state index contributed by atoms with van der Waals surface area (Å²) in [6.45, 7) is 7.33. The van der Waals surface area contributed by atoms with Gasteiger partial charge >= 0.3 is 0 Å². The van der Waals surface area contributed by atoms with Gasteiger partial charge in [-0.3, -0.25) is 4.90 Å². The van der Waals surface area contributed by atoms with Crippen molar-refractivity contribution < 1.29 is 0 Å². The molecule has 1 aliphatic rings. The van der Waals surface area contributed by atoms with E-state index in [9.17, 15) is 0 Å². The first kappa shape index (κ1) is 19.8. The van der Waals surface area contributed by atoms with E-state index < -0.39 is 0 Å². The average molecular weight is 390 g/mol. The molecule has 4 rings (SSSR count). The molecule has 0 fully saturated rings. The van der Waals surface area contributed by atoms with Crippen molar-refractivity contribution >= 4 is 0 Å². The van der Waals surface area contributed by atoms with Gasteiger partial charge in [0.25, 0.3) is 0 Å². The van der Waals surface area contributed by atoms with Gasteiger partial charge in [-0.1, -0.05) is 18.2 Å². The molecule has 0 aliphatic carbocycles. The Labute approximate surface area is 174 Å². The molecule has 1 aliphatic heterocycles. The van der Waals surface area contributed by atoms with E-state index in [1.165, 1.54) is 22.3 Å². The van der Waals surface area contributed by atoms with Crippen LogP contribution >= 0.6 is 0 Å². The molecule has 29 heavy (non-hydrogen) atoms. The van der Waals surface area contributed by atoms with Crippen LogP contribution in [0, 0.1) is 13.8 Å². The van der Waals surface area contributed by atoms with Gasteiger partial charge in [0.2, 0.25) is 0 Å². The second-order valence-electron chi connectivity index (χ2n) is 8.67. The van der Waals surface area contributed by atoms with Crippen LogP contribution in [0.1, 0.15) is 34.5 Å². The fourth-order valence-corrected chi connectivity index (χ4v) is 4.16. The molecule has 0 saturated heterocycles. The van der Waals surface area contributed by atoms with Gasteiger partial charge in [0, 0.05) is 25.1 Å². The van der Waals surface area contributed by atoms with E-state index in [2.05, 4.69) is 81.2 Å². The molecule has 0 spiro atoms. The summed E-state index contributed by atoms with van der Waals surface area (Å²) in [5, 5.41) is 4.92. The SMILES string of the molecule is Cc1cc(C)cc(-n2nc(CCCN(C)C)nc2-c2ccc3c(c2)CN(C)C3)c1. The quantitative estimate of drug-likeness (QED) is 0.639. The van der Waals surface area contributed by atoms with Gasteiger partial charge in [-0.15, -0.1) is 0 Å². The lowest BCUT2D eigenvalue weighted by Crippen LogP contribution is -2.13. The molecule has 0 radical (unpaired) electrons. The third-order valence-corrected chi connectivity index (χ3v) is 5.45. The Morgan fingerprint density at radius 1 is 0.966 bits per heavy atom. The third kappa shape index (κ3) is 4.41. The van der Waals surface area contributed by atoms with Crippen LogP contribution in [-0.2, 0) is 19.5 Å². The van der Waals surface area contributed by atoms with Crippen LogP contribution in [0.4, 0.5) is 0 Å². The smallest absolute Gasteiger partial charge is 0.163 e. The van der Waals surface area contributed by atoms with E-state index in [1.807, 2.05) is 4.68 Å². The number of aromatic nitrogens is 3. The van der Waals surface area contributed by atoms with Crippen LogP contribution in [-0.4, -0.2) is 52.3 Å². The largest absolute Gasteiger partial charge is 0.309 e. The number of aryl methyl sites for hydroxylation is 3.